The van der Waals surface area contributed by atoms with E-state index in [2.05, 4.69) is 62.5 Å². The van der Waals surface area contributed by atoms with Crippen LogP contribution in [-0.2, 0) is 0 Å². The maximum Gasteiger partial charge on any atom is 0.191 e. The fourth-order valence-corrected chi connectivity index (χ4v) is 4.21. The molecule has 1 aromatic heterocycles. The molecule has 0 bridgehead atoms. The van der Waals surface area contributed by atoms with Gasteiger partial charge in [0.2, 0.25) is 0 Å². The highest BCUT2D eigenvalue weighted by Crippen LogP contribution is 2.26. The summed E-state index contributed by atoms with van der Waals surface area (Å²) >= 11 is 1.75. The molecule has 0 radical (unpaired) electrons. The lowest BCUT2D eigenvalue weighted by Crippen LogP contribution is -2.41. The first-order valence-corrected chi connectivity index (χ1v) is 10.5. The van der Waals surface area contributed by atoms with Crippen molar-refractivity contribution in [3.8, 4) is 5.75 Å². The van der Waals surface area contributed by atoms with Gasteiger partial charge in [-0.3, -0.25) is 4.99 Å². The van der Waals surface area contributed by atoms with Crippen molar-refractivity contribution in [2.24, 2.45) is 10.9 Å². The molecule has 0 aliphatic carbocycles. The van der Waals surface area contributed by atoms with Crippen LogP contribution in [0, 0.1) is 5.92 Å². The van der Waals surface area contributed by atoms with Gasteiger partial charge in [0.25, 0.3) is 0 Å². The van der Waals surface area contributed by atoms with Crippen molar-refractivity contribution >= 4 is 23.0 Å². The number of ether oxygens (including phenoxy) is 1. The molecule has 2 unspecified atom stereocenters. The predicted octanol–water partition coefficient (Wildman–Crippen LogP) is 3.55. The number of aliphatic imine (C=N–C) groups is 1. The summed E-state index contributed by atoms with van der Waals surface area (Å²) < 4.78 is 5.35. The van der Waals surface area contributed by atoms with Gasteiger partial charge in [0, 0.05) is 45.0 Å². The minimum atomic E-state index is 0.477. The molecule has 2 aromatic rings. The molecule has 0 spiro atoms. The molecule has 1 aromatic carbocycles. The maximum atomic E-state index is 5.35. The topological polar surface area (TPSA) is 48.9 Å². The highest BCUT2D eigenvalue weighted by Gasteiger charge is 2.23. The first-order valence-electron chi connectivity index (χ1n) is 9.55. The van der Waals surface area contributed by atoms with Gasteiger partial charge in [0.1, 0.15) is 5.75 Å². The van der Waals surface area contributed by atoms with Gasteiger partial charge < -0.3 is 20.3 Å². The van der Waals surface area contributed by atoms with Crippen molar-refractivity contribution in [3.05, 3.63) is 46.7 Å². The van der Waals surface area contributed by atoms with Crippen molar-refractivity contribution < 1.29 is 4.74 Å². The number of benzene rings is 1. The van der Waals surface area contributed by atoms with E-state index in [1.54, 1.807) is 18.4 Å². The average Bonchev–Trinajstić information content (AvgIpc) is 3.40. The molecule has 0 saturated carbocycles. The fraction of sp³-hybridized carbons (Fsp3) is 0.476. The smallest absolute Gasteiger partial charge is 0.191 e. The number of thiophene rings is 1. The molecule has 2 heterocycles. The third kappa shape index (κ3) is 5.39. The lowest BCUT2D eigenvalue weighted by atomic mass is 10.1. The summed E-state index contributed by atoms with van der Waals surface area (Å²) in [7, 11) is 3.55. The van der Waals surface area contributed by atoms with Crippen LogP contribution in [0.3, 0.4) is 0 Å². The summed E-state index contributed by atoms with van der Waals surface area (Å²) in [5, 5.41) is 11.3. The van der Waals surface area contributed by atoms with Gasteiger partial charge in [-0.25, -0.2) is 0 Å². The lowest BCUT2D eigenvalue weighted by Gasteiger charge is -2.20. The van der Waals surface area contributed by atoms with Crippen LogP contribution in [0.4, 0.5) is 5.69 Å². The molecule has 1 saturated heterocycles. The van der Waals surface area contributed by atoms with Crippen molar-refractivity contribution in [2.75, 3.05) is 45.2 Å². The van der Waals surface area contributed by atoms with Crippen LogP contribution in [0.1, 0.15) is 24.8 Å². The van der Waals surface area contributed by atoms with Crippen molar-refractivity contribution in [2.45, 2.75) is 19.3 Å². The zero-order valence-electron chi connectivity index (χ0n) is 16.4. The Kier molecular flexibility index (Phi) is 6.98. The van der Waals surface area contributed by atoms with Crippen LogP contribution in [0.5, 0.6) is 5.75 Å². The van der Waals surface area contributed by atoms with Gasteiger partial charge in [-0.2, -0.15) is 11.3 Å². The first kappa shape index (κ1) is 19.5. The minimum absolute atomic E-state index is 0.477. The standard InChI is InChI=1S/C21H30N4OS/c1-16(18-8-10-27-15-18)12-23-21(22-2)24-13-17-7-9-25(14-17)19-5-4-6-20(11-19)26-3/h4-6,8,10-11,15-17H,7,9,12-14H2,1-3H3,(H2,22,23,24). The van der Waals surface area contributed by atoms with E-state index in [1.165, 1.54) is 17.7 Å². The average molecular weight is 387 g/mol. The predicted molar refractivity (Wildman–Crippen MR) is 115 cm³/mol. The zero-order valence-corrected chi connectivity index (χ0v) is 17.3. The SMILES string of the molecule is CN=C(NCC1CCN(c2cccc(OC)c2)C1)NCC(C)c1ccsc1. The quantitative estimate of drug-likeness (QED) is 0.564. The Bertz CT molecular complexity index is 732. The van der Waals surface area contributed by atoms with E-state index in [-0.39, 0.29) is 0 Å². The Morgan fingerprint density at radius 2 is 2.26 bits per heavy atom. The van der Waals surface area contributed by atoms with Crippen LogP contribution in [-0.4, -0.2) is 46.3 Å². The molecular formula is C21H30N4OS. The largest absolute Gasteiger partial charge is 0.497 e. The van der Waals surface area contributed by atoms with E-state index in [1.807, 2.05) is 13.1 Å². The molecule has 27 heavy (non-hydrogen) atoms. The molecule has 3 rings (SSSR count). The summed E-state index contributed by atoms with van der Waals surface area (Å²) in [5.74, 6) is 2.89. The van der Waals surface area contributed by atoms with Crippen molar-refractivity contribution in [1.82, 2.24) is 10.6 Å². The highest BCUT2D eigenvalue weighted by molar-refractivity contribution is 7.07. The Balaban J connectivity index is 1.44. The molecule has 2 atom stereocenters. The molecule has 1 aliphatic rings. The number of methoxy groups -OCH3 is 1. The summed E-state index contributed by atoms with van der Waals surface area (Å²) in [6.07, 6.45) is 1.19. The van der Waals surface area contributed by atoms with Crippen LogP contribution in [0.15, 0.2) is 46.1 Å². The molecule has 2 N–H and O–H groups in total. The first-order chi connectivity index (χ1) is 13.2. The molecule has 1 aliphatic heterocycles. The third-order valence-electron chi connectivity index (χ3n) is 5.17. The van der Waals surface area contributed by atoms with Crippen LogP contribution < -0.4 is 20.3 Å². The Morgan fingerprint density at radius 1 is 1.37 bits per heavy atom. The van der Waals surface area contributed by atoms with Crippen LogP contribution >= 0.6 is 11.3 Å². The van der Waals surface area contributed by atoms with E-state index in [0.29, 0.717) is 11.8 Å². The monoisotopic (exact) mass is 386 g/mol. The van der Waals surface area contributed by atoms with Crippen LogP contribution in [0.25, 0.3) is 0 Å². The second-order valence-corrected chi connectivity index (χ2v) is 7.87. The Hall–Kier alpha value is -2.21. The third-order valence-corrected chi connectivity index (χ3v) is 5.88. The van der Waals surface area contributed by atoms with Crippen molar-refractivity contribution in [1.29, 1.82) is 0 Å². The van der Waals surface area contributed by atoms with Gasteiger partial charge in [-0.05, 0) is 52.8 Å². The van der Waals surface area contributed by atoms with Crippen LogP contribution in [0.2, 0.25) is 0 Å². The molecule has 6 heteroatoms. The number of rotatable bonds is 7. The van der Waals surface area contributed by atoms with Gasteiger partial charge in [0.15, 0.2) is 5.96 Å². The number of hydrogen-bond donors (Lipinski definition) is 2. The lowest BCUT2D eigenvalue weighted by molar-refractivity contribution is 0.415. The van der Waals surface area contributed by atoms with Gasteiger partial charge in [-0.1, -0.05) is 13.0 Å². The highest BCUT2D eigenvalue weighted by atomic mass is 32.1. The molecule has 5 nitrogen and oxygen atoms in total. The summed E-state index contributed by atoms with van der Waals surface area (Å²) in [6, 6.07) is 10.5. The second-order valence-electron chi connectivity index (χ2n) is 7.09. The molecule has 0 amide bonds. The van der Waals surface area contributed by atoms with Gasteiger partial charge in [0.05, 0.1) is 7.11 Å². The molecular weight excluding hydrogens is 356 g/mol. The number of nitrogens with one attached hydrogen (secondary N) is 2. The Morgan fingerprint density at radius 3 is 3.00 bits per heavy atom. The second kappa shape index (κ2) is 9.65. The number of guanidine groups is 1. The van der Waals surface area contributed by atoms with E-state index >= 15 is 0 Å². The van der Waals surface area contributed by atoms with E-state index in [4.69, 9.17) is 4.74 Å². The van der Waals surface area contributed by atoms with Gasteiger partial charge >= 0.3 is 0 Å². The van der Waals surface area contributed by atoms with E-state index < -0.39 is 0 Å². The Labute approximate surface area is 166 Å². The normalized spacial score (nSPS) is 18.4. The number of hydrogen-bond acceptors (Lipinski definition) is 4. The molecule has 1 fully saturated rings. The summed E-state index contributed by atoms with van der Waals surface area (Å²) in [4.78, 5) is 6.80. The van der Waals surface area contributed by atoms with E-state index in [9.17, 15) is 0 Å². The molecule has 146 valence electrons. The summed E-state index contributed by atoms with van der Waals surface area (Å²) in [6.45, 7) is 6.21. The fourth-order valence-electron chi connectivity index (χ4n) is 3.43. The number of anilines is 1. The summed E-state index contributed by atoms with van der Waals surface area (Å²) in [5.41, 5.74) is 2.62. The van der Waals surface area contributed by atoms with E-state index in [0.717, 1.165) is 37.9 Å². The van der Waals surface area contributed by atoms with Gasteiger partial charge in [-0.15, -0.1) is 0 Å². The minimum Gasteiger partial charge on any atom is -0.497 e. The number of nitrogens with zero attached hydrogens (tertiary/aromatic N) is 2. The maximum absolute atomic E-state index is 5.35. The van der Waals surface area contributed by atoms with Crippen molar-refractivity contribution in [3.63, 3.8) is 0 Å². The zero-order chi connectivity index (χ0) is 19.1.